The molecule has 2 amide bonds. The number of carboxylic acid groups (broad SMARTS) is 1. The van der Waals surface area contributed by atoms with Gasteiger partial charge in [-0.2, -0.15) is 0 Å². The van der Waals surface area contributed by atoms with Crippen molar-refractivity contribution in [2.24, 2.45) is 0 Å². The fourth-order valence-electron chi connectivity index (χ4n) is 3.89. The number of ether oxygens (including phenoxy) is 1. The molecule has 1 aromatic heterocycles. The smallest absolute Gasteiger partial charge is 0.328 e. The third-order valence-electron chi connectivity index (χ3n) is 5.35. The first-order valence-electron chi connectivity index (χ1n) is 9.10. The first kappa shape index (κ1) is 18.6. The molecule has 28 heavy (non-hydrogen) atoms. The summed E-state index contributed by atoms with van der Waals surface area (Å²) in [5.74, 6) is -1.49. The van der Waals surface area contributed by atoms with Crippen molar-refractivity contribution in [3.8, 4) is 0 Å². The first-order chi connectivity index (χ1) is 13.5. The van der Waals surface area contributed by atoms with Crippen molar-refractivity contribution in [2.75, 3.05) is 19.7 Å². The Morgan fingerprint density at radius 2 is 1.75 bits per heavy atom. The highest BCUT2D eigenvalue weighted by Gasteiger charge is 2.54. The number of likely N-dealkylation sites (tertiary alicyclic amines) is 1. The zero-order chi connectivity index (χ0) is 19.7. The number of carbonyl (C=O) groups excluding carboxylic acids is 2. The molecule has 0 unspecified atom stereocenters. The topological polar surface area (TPSA) is 87.2 Å². The van der Waals surface area contributed by atoms with Crippen LogP contribution in [0.5, 0.6) is 0 Å². The van der Waals surface area contributed by atoms with E-state index in [1.807, 2.05) is 11.4 Å². The minimum Gasteiger partial charge on any atom is -0.480 e. The van der Waals surface area contributed by atoms with Crippen LogP contribution in [0.3, 0.4) is 0 Å². The third kappa shape index (κ3) is 3.18. The molecule has 146 valence electrons. The molecule has 0 radical (unpaired) electrons. The standard InChI is InChI=1S/C20H20N2O5S/c23-17(14-5-2-1-3-6-14)22-15(19(25)26)13-27-20(22)8-10-21(11-9-20)18(24)16-7-4-12-28-16/h1-7,12,15H,8-11,13H2,(H,25,26)/t15-/m0/s1. The minimum atomic E-state index is -1.08. The zero-order valence-electron chi connectivity index (χ0n) is 15.1. The van der Waals surface area contributed by atoms with Gasteiger partial charge in [0.15, 0.2) is 6.04 Å². The average Bonchev–Trinajstić information content (AvgIpc) is 3.37. The van der Waals surface area contributed by atoms with Crippen LogP contribution in [0.4, 0.5) is 0 Å². The Hall–Kier alpha value is -2.71. The molecule has 2 aromatic rings. The second-order valence-corrected chi connectivity index (χ2v) is 7.87. The number of nitrogens with zero attached hydrogens (tertiary/aromatic N) is 2. The van der Waals surface area contributed by atoms with Crippen molar-refractivity contribution in [3.63, 3.8) is 0 Å². The molecule has 1 atom stereocenters. The lowest BCUT2D eigenvalue weighted by Crippen LogP contribution is -2.58. The maximum atomic E-state index is 13.1. The molecule has 4 rings (SSSR count). The molecule has 2 aliphatic heterocycles. The number of carbonyl (C=O) groups is 3. The summed E-state index contributed by atoms with van der Waals surface area (Å²) in [6, 6.07) is 11.2. The normalized spacial score (nSPS) is 21.1. The highest BCUT2D eigenvalue weighted by atomic mass is 32.1. The maximum Gasteiger partial charge on any atom is 0.328 e. The number of piperidine rings is 1. The molecular weight excluding hydrogens is 380 g/mol. The number of thiophene rings is 1. The van der Waals surface area contributed by atoms with E-state index >= 15 is 0 Å². The number of aliphatic carboxylic acids is 1. The van der Waals surface area contributed by atoms with Gasteiger partial charge in [-0.05, 0) is 23.6 Å². The summed E-state index contributed by atoms with van der Waals surface area (Å²) < 4.78 is 5.92. The second-order valence-electron chi connectivity index (χ2n) is 6.92. The molecule has 2 fully saturated rings. The van der Waals surface area contributed by atoms with Gasteiger partial charge in [0.05, 0.1) is 11.5 Å². The van der Waals surface area contributed by atoms with Crippen molar-refractivity contribution in [3.05, 3.63) is 58.3 Å². The van der Waals surface area contributed by atoms with E-state index in [0.29, 0.717) is 36.4 Å². The van der Waals surface area contributed by atoms with Gasteiger partial charge >= 0.3 is 5.97 Å². The molecule has 2 aliphatic rings. The average molecular weight is 400 g/mol. The predicted molar refractivity (Wildman–Crippen MR) is 102 cm³/mol. The van der Waals surface area contributed by atoms with Crippen LogP contribution >= 0.6 is 11.3 Å². The van der Waals surface area contributed by atoms with Crippen LogP contribution in [0.2, 0.25) is 0 Å². The van der Waals surface area contributed by atoms with Crippen LogP contribution < -0.4 is 0 Å². The maximum absolute atomic E-state index is 13.1. The van der Waals surface area contributed by atoms with E-state index in [4.69, 9.17) is 4.74 Å². The number of amides is 2. The van der Waals surface area contributed by atoms with Gasteiger partial charge in [-0.3, -0.25) is 14.5 Å². The molecular formula is C20H20N2O5S. The summed E-state index contributed by atoms with van der Waals surface area (Å²) in [4.78, 5) is 41.3. The summed E-state index contributed by atoms with van der Waals surface area (Å²) in [6.07, 6.45) is 0.763. The summed E-state index contributed by atoms with van der Waals surface area (Å²) in [5.41, 5.74) is -0.571. The molecule has 0 bridgehead atoms. The highest BCUT2D eigenvalue weighted by molar-refractivity contribution is 7.12. The predicted octanol–water partition coefficient (Wildman–Crippen LogP) is 2.31. The molecule has 8 heteroatoms. The highest BCUT2D eigenvalue weighted by Crippen LogP contribution is 2.38. The lowest BCUT2D eigenvalue weighted by atomic mass is 9.96. The van der Waals surface area contributed by atoms with E-state index in [1.165, 1.54) is 16.2 Å². The van der Waals surface area contributed by atoms with E-state index in [1.54, 1.807) is 41.3 Å². The van der Waals surface area contributed by atoms with Crippen LogP contribution in [0.25, 0.3) is 0 Å². The van der Waals surface area contributed by atoms with Crippen LogP contribution in [0.1, 0.15) is 32.9 Å². The Bertz CT molecular complexity index is 875. The SMILES string of the molecule is O=C(O)[C@@H]1COC2(CCN(C(=O)c3cccs3)CC2)N1C(=O)c1ccccc1. The molecule has 7 nitrogen and oxygen atoms in total. The number of rotatable bonds is 3. The Kier molecular flexibility index (Phi) is 4.91. The Balaban J connectivity index is 1.57. The van der Waals surface area contributed by atoms with Crippen molar-refractivity contribution in [1.29, 1.82) is 0 Å². The first-order valence-corrected chi connectivity index (χ1v) is 9.98. The van der Waals surface area contributed by atoms with Crippen LogP contribution in [-0.2, 0) is 9.53 Å². The van der Waals surface area contributed by atoms with E-state index in [0.717, 1.165) is 0 Å². The molecule has 2 saturated heterocycles. The van der Waals surface area contributed by atoms with Gasteiger partial charge in [0.25, 0.3) is 11.8 Å². The van der Waals surface area contributed by atoms with E-state index in [2.05, 4.69) is 0 Å². The van der Waals surface area contributed by atoms with Gasteiger partial charge in [0.2, 0.25) is 0 Å². The molecule has 3 heterocycles. The van der Waals surface area contributed by atoms with Crippen LogP contribution in [0.15, 0.2) is 47.8 Å². The Morgan fingerprint density at radius 3 is 2.36 bits per heavy atom. The third-order valence-corrected chi connectivity index (χ3v) is 6.21. The fraction of sp³-hybridized carbons (Fsp3) is 0.350. The van der Waals surface area contributed by atoms with Gasteiger partial charge in [-0.25, -0.2) is 4.79 Å². The summed E-state index contributed by atoms with van der Waals surface area (Å²) in [5, 5.41) is 11.5. The summed E-state index contributed by atoms with van der Waals surface area (Å²) in [7, 11) is 0. The van der Waals surface area contributed by atoms with Gasteiger partial charge in [-0.15, -0.1) is 11.3 Å². The zero-order valence-corrected chi connectivity index (χ0v) is 15.9. The summed E-state index contributed by atoms with van der Waals surface area (Å²) in [6.45, 7) is 0.760. The largest absolute Gasteiger partial charge is 0.480 e. The van der Waals surface area contributed by atoms with Crippen LogP contribution in [-0.4, -0.2) is 64.2 Å². The number of hydrogen-bond donors (Lipinski definition) is 1. The van der Waals surface area contributed by atoms with Crippen molar-refractivity contribution < 1.29 is 24.2 Å². The molecule has 1 spiro atoms. The van der Waals surface area contributed by atoms with Gasteiger partial charge in [0, 0.05) is 31.5 Å². The van der Waals surface area contributed by atoms with Gasteiger partial charge in [-0.1, -0.05) is 24.3 Å². The van der Waals surface area contributed by atoms with E-state index in [-0.39, 0.29) is 18.4 Å². The van der Waals surface area contributed by atoms with Gasteiger partial charge < -0.3 is 14.7 Å². The summed E-state index contributed by atoms with van der Waals surface area (Å²) >= 11 is 1.39. The van der Waals surface area contributed by atoms with Crippen molar-refractivity contribution in [1.82, 2.24) is 9.80 Å². The number of hydrogen-bond acceptors (Lipinski definition) is 5. The molecule has 0 saturated carbocycles. The fourth-order valence-corrected chi connectivity index (χ4v) is 4.58. The van der Waals surface area contributed by atoms with Gasteiger partial charge in [0.1, 0.15) is 5.72 Å². The quantitative estimate of drug-likeness (QED) is 0.854. The van der Waals surface area contributed by atoms with E-state index < -0.39 is 17.7 Å². The minimum absolute atomic E-state index is 0.0430. The Morgan fingerprint density at radius 1 is 1.04 bits per heavy atom. The number of benzene rings is 1. The van der Waals surface area contributed by atoms with Crippen molar-refractivity contribution in [2.45, 2.75) is 24.6 Å². The lowest BCUT2D eigenvalue weighted by Gasteiger charge is -2.44. The number of carboxylic acids is 1. The molecule has 1 aromatic carbocycles. The Labute approximate surface area is 166 Å². The van der Waals surface area contributed by atoms with Crippen molar-refractivity contribution >= 4 is 29.1 Å². The molecule has 0 aliphatic carbocycles. The van der Waals surface area contributed by atoms with Crippen LogP contribution in [0, 0.1) is 0 Å². The molecule has 1 N–H and O–H groups in total. The monoisotopic (exact) mass is 400 g/mol. The second kappa shape index (κ2) is 7.37. The lowest BCUT2D eigenvalue weighted by molar-refractivity contribution is -0.143. The van der Waals surface area contributed by atoms with E-state index in [9.17, 15) is 19.5 Å².